The van der Waals surface area contributed by atoms with Crippen molar-refractivity contribution in [1.82, 2.24) is 5.32 Å². The molecule has 5 nitrogen and oxygen atoms in total. The third kappa shape index (κ3) is 6.08. The first-order valence-corrected chi connectivity index (χ1v) is 7.71. The van der Waals surface area contributed by atoms with E-state index in [4.69, 9.17) is 21.1 Å². The minimum atomic E-state index is -0.288. The summed E-state index contributed by atoms with van der Waals surface area (Å²) < 4.78 is 10.8. The number of ether oxygens (including phenoxy) is 2. The molecule has 23 heavy (non-hydrogen) atoms. The standard InChI is InChI=1S/C17H19ClN2O3/c1-2-22-15-8-6-14(7-9-15)20-17(21)19-10-11-23-16-5-3-4-13(18)12-16/h3-9,12H,2,10-11H2,1H3,(H2,19,20,21). The third-order valence-corrected chi connectivity index (χ3v) is 3.11. The average molecular weight is 335 g/mol. The molecule has 0 fully saturated rings. The smallest absolute Gasteiger partial charge is 0.319 e. The van der Waals surface area contributed by atoms with Crippen LogP contribution in [0.15, 0.2) is 48.5 Å². The van der Waals surface area contributed by atoms with E-state index in [-0.39, 0.29) is 6.03 Å². The summed E-state index contributed by atoms with van der Waals surface area (Å²) in [6.07, 6.45) is 0. The van der Waals surface area contributed by atoms with Crippen molar-refractivity contribution in [3.63, 3.8) is 0 Å². The molecule has 0 heterocycles. The summed E-state index contributed by atoms with van der Waals surface area (Å²) >= 11 is 5.86. The lowest BCUT2D eigenvalue weighted by molar-refractivity contribution is 0.247. The van der Waals surface area contributed by atoms with Gasteiger partial charge in [-0.1, -0.05) is 17.7 Å². The van der Waals surface area contributed by atoms with Gasteiger partial charge in [0.1, 0.15) is 18.1 Å². The molecule has 0 atom stereocenters. The molecule has 2 aromatic rings. The van der Waals surface area contributed by atoms with Crippen molar-refractivity contribution in [1.29, 1.82) is 0 Å². The summed E-state index contributed by atoms with van der Waals surface area (Å²) in [5.41, 5.74) is 0.696. The maximum atomic E-state index is 11.8. The molecule has 0 saturated heterocycles. The Morgan fingerprint density at radius 2 is 1.87 bits per heavy atom. The van der Waals surface area contributed by atoms with Gasteiger partial charge >= 0.3 is 6.03 Å². The number of halogens is 1. The number of nitrogens with one attached hydrogen (secondary N) is 2. The highest BCUT2D eigenvalue weighted by Gasteiger charge is 2.02. The number of carbonyl (C=O) groups excluding carboxylic acids is 1. The van der Waals surface area contributed by atoms with E-state index in [0.717, 1.165) is 5.75 Å². The molecule has 0 bridgehead atoms. The molecule has 2 amide bonds. The zero-order valence-corrected chi connectivity index (χ0v) is 13.6. The van der Waals surface area contributed by atoms with Gasteiger partial charge < -0.3 is 20.1 Å². The van der Waals surface area contributed by atoms with Crippen LogP contribution in [0.3, 0.4) is 0 Å². The van der Waals surface area contributed by atoms with Gasteiger partial charge in [0.25, 0.3) is 0 Å². The Kier molecular flexibility index (Phi) is 6.56. The zero-order valence-electron chi connectivity index (χ0n) is 12.8. The van der Waals surface area contributed by atoms with Crippen molar-refractivity contribution < 1.29 is 14.3 Å². The number of benzene rings is 2. The fourth-order valence-corrected chi connectivity index (χ4v) is 2.05. The van der Waals surface area contributed by atoms with Crippen LogP contribution in [0.1, 0.15) is 6.92 Å². The van der Waals surface area contributed by atoms with E-state index < -0.39 is 0 Å². The number of amides is 2. The normalized spacial score (nSPS) is 10.0. The lowest BCUT2D eigenvalue weighted by Gasteiger charge is -2.10. The average Bonchev–Trinajstić information content (AvgIpc) is 2.54. The van der Waals surface area contributed by atoms with Crippen molar-refractivity contribution in [2.45, 2.75) is 6.92 Å². The molecule has 2 rings (SSSR count). The molecule has 6 heteroatoms. The third-order valence-electron chi connectivity index (χ3n) is 2.88. The van der Waals surface area contributed by atoms with E-state index in [1.807, 2.05) is 19.1 Å². The van der Waals surface area contributed by atoms with E-state index in [9.17, 15) is 4.79 Å². The Labute approximate surface area is 140 Å². The van der Waals surface area contributed by atoms with Gasteiger partial charge in [-0.2, -0.15) is 0 Å². The SMILES string of the molecule is CCOc1ccc(NC(=O)NCCOc2cccc(Cl)c2)cc1. The quantitative estimate of drug-likeness (QED) is 0.754. The monoisotopic (exact) mass is 334 g/mol. The van der Waals surface area contributed by atoms with E-state index in [1.165, 1.54) is 0 Å². The van der Waals surface area contributed by atoms with E-state index in [2.05, 4.69) is 10.6 Å². The van der Waals surface area contributed by atoms with Crippen molar-refractivity contribution in [2.24, 2.45) is 0 Å². The highest BCUT2D eigenvalue weighted by molar-refractivity contribution is 6.30. The lowest BCUT2D eigenvalue weighted by Crippen LogP contribution is -2.32. The van der Waals surface area contributed by atoms with Crippen LogP contribution in [-0.4, -0.2) is 25.8 Å². The van der Waals surface area contributed by atoms with Crippen molar-refractivity contribution in [2.75, 3.05) is 25.1 Å². The first kappa shape index (κ1) is 17.0. The molecular weight excluding hydrogens is 316 g/mol. The van der Waals surface area contributed by atoms with Crippen LogP contribution in [-0.2, 0) is 0 Å². The molecule has 0 aliphatic rings. The Hall–Kier alpha value is -2.40. The second-order valence-corrected chi connectivity index (χ2v) is 5.08. The van der Waals surface area contributed by atoms with Gasteiger partial charge in [-0.15, -0.1) is 0 Å². The molecule has 0 spiro atoms. The number of carbonyl (C=O) groups is 1. The minimum Gasteiger partial charge on any atom is -0.494 e. The van der Waals surface area contributed by atoms with Gasteiger partial charge in [-0.05, 0) is 49.4 Å². The van der Waals surface area contributed by atoms with Gasteiger partial charge in [0, 0.05) is 10.7 Å². The molecular formula is C17H19ClN2O3. The van der Waals surface area contributed by atoms with Crippen LogP contribution in [0.25, 0.3) is 0 Å². The van der Waals surface area contributed by atoms with Gasteiger partial charge in [0.05, 0.1) is 13.2 Å². The molecule has 0 aromatic heterocycles. The second kappa shape index (κ2) is 8.90. The van der Waals surface area contributed by atoms with Crippen LogP contribution < -0.4 is 20.1 Å². The van der Waals surface area contributed by atoms with Crippen LogP contribution in [0.4, 0.5) is 10.5 Å². The maximum absolute atomic E-state index is 11.8. The number of hydrogen-bond donors (Lipinski definition) is 2. The highest BCUT2D eigenvalue weighted by Crippen LogP contribution is 2.17. The largest absolute Gasteiger partial charge is 0.494 e. The van der Waals surface area contributed by atoms with Gasteiger partial charge in [-0.25, -0.2) is 4.79 Å². The molecule has 0 unspecified atom stereocenters. The predicted octanol–water partition coefficient (Wildman–Crippen LogP) is 3.94. The Balaban J connectivity index is 1.68. The Morgan fingerprint density at radius 3 is 2.57 bits per heavy atom. The lowest BCUT2D eigenvalue weighted by atomic mass is 10.3. The summed E-state index contributed by atoms with van der Waals surface area (Å²) in [6.45, 7) is 3.28. The van der Waals surface area contributed by atoms with Crippen LogP contribution in [0, 0.1) is 0 Å². The molecule has 0 aliphatic heterocycles. The number of urea groups is 1. The van der Waals surface area contributed by atoms with Crippen LogP contribution >= 0.6 is 11.6 Å². The highest BCUT2D eigenvalue weighted by atomic mass is 35.5. The maximum Gasteiger partial charge on any atom is 0.319 e. The zero-order chi connectivity index (χ0) is 16.5. The van der Waals surface area contributed by atoms with Crippen molar-refractivity contribution in [3.05, 3.63) is 53.6 Å². The van der Waals surface area contributed by atoms with Gasteiger partial charge in [0.15, 0.2) is 0 Å². The first-order chi connectivity index (χ1) is 11.2. The molecule has 0 radical (unpaired) electrons. The van der Waals surface area contributed by atoms with Crippen molar-refractivity contribution in [3.8, 4) is 11.5 Å². The minimum absolute atomic E-state index is 0.288. The summed E-state index contributed by atoms with van der Waals surface area (Å²) in [5, 5.41) is 6.07. The molecule has 0 saturated carbocycles. The van der Waals surface area contributed by atoms with Gasteiger partial charge in [-0.3, -0.25) is 0 Å². The summed E-state index contributed by atoms with van der Waals surface area (Å²) in [4.78, 5) is 11.8. The first-order valence-electron chi connectivity index (χ1n) is 7.33. The Morgan fingerprint density at radius 1 is 1.09 bits per heavy atom. The molecule has 122 valence electrons. The molecule has 2 N–H and O–H groups in total. The number of hydrogen-bond acceptors (Lipinski definition) is 3. The van der Waals surface area contributed by atoms with E-state index >= 15 is 0 Å². The summed E-state index contributed by atoms with van der Waals surface area (Å²) in [5.74, 6) is 1.44. The summed E-state index contributed by atoms with van der Waals surface area (Å²) in [6, 6.07) is 14.0. The molecule has 2 aromatic carbocycles. The Bertz CT molecular complexity index is 632. The molecule has 0 aliphatic carbocycles. The topological polar surface area (TPSA) is 59.6 Å². The number of anilines is 1. The van der Waals surface area contributed by atoms with Crippen molar-refractivity contribution >= 4 is 23.3 Å². The number of rotatable bonds is 7. The van der Waals surface area contributed by atoms with Gasteiger partial charge in [0.2, 0.25) is 0 Å². The van der Waals surface area contributed by atoms with Crippen LogP contribution in [0.2, 0.25) is 5.02 Å². The van der Waals surface area contributed by atoms with E-state index in [0.29, 0.717) is 36.2 Å². The van der Waals surface area contributed by atoms with Crippen LogP contribution in [0.5, 0.6) is 11.5 Å². The van der Waals surface area contributed by atoms with E-state index in [1.54, 1.807) is 36.4 Å². The predicted molar refractivity (Wildman–Crippen MR) is 91.6 cm³/mol. The fourth-order valence-electron chi connectivity index (χ4n) is 1.87. The summed E-state index contributed by atoms with van der Waals surface area (Å²) in [7, 11) is 0. The second-order valence-electron chi connectivity index (χ2n) is 4.64. The fraction of sp³-hybridized carbons (Fsp3) is 0.235.